The van der Waals surface area contributed by atoms with E-state index in [-0.39, 0.29) is 17.4 Å². The second kappa shape index (κ2) is 6.23. The minimum atomic E-state index is -0.316. The molecule has 8 nitrogen and oxygen atoms in total. The number of hydrogen-bond donors (Lipinski definition) is 2. The lowest BCUT2D eigenvalue weighted by atomic mass is 9.89. The summed E-state index contributed by atoms with van der Waals surface area (Å²) < 4.78 is 1.74. The van der Waals surface area contributed by atoms with Gasteiger partial charge in [-0.05, 0) is 25.7 Å². The van der Waals surface area contributed by atoms with Crippen molar-refractivity contribution < 1.29 is 9.36 Å². The molecule has 1 aliphatic carbocycles. The van der Waals surface area contributed by atoms with Crippen LogP contribution < -0.4 is 15.9 Å². The number of aromatic nitrogens is 4. The Morgan fingerprint density at radius 1 is 1.48 bits per heavy atom. The van der Waals surface area contributed by atoms with E-state index in [1.54, 1.807) is 17.8 Å². The molecule has 0 aromatic carbocycles. The highest BCUT2D eigenvalue weighted by Crippen LogP contribution is 2.20. The van der Waals surface area contributed by atoms with Gasteiger partial charge in [0, 0.05) is 11.6 Å². The molecule has 1 fully saturated rings. The normalized spacial score (nSPS) is 18.1. The molecule has 0 aliphatic heterocycles. The van der Waals surface area contributed by atoms with Gasteiger partial charge in [-0.1, -0.05) is 0 Å². The lowest BCUT2D eigenvalue weighted by molar-refractivity contribution is -0.653. The lowest BCUT2D eigenvalue weighted by Crippen LogP contribution is -2.39. The number of aryl methyl sites for hydroxylation is 1. The summed E-state index contributed by atoms with van der Waals surface area (Å²) in [6.07, 6.45) is 6.14. The largest absolute Gasteiger partial charge is 0.369 e. The number of nitrogens with one attached hydrogen (secondary N) is 1. The van der Waals surface area contributed by atoms with Gasteiger partial charge in [-0.3, -0.25) is 14.8 Å². The number of fused-ring (bicyclic) bond motifs is 1. The SMILES string of the molecule is C[n+]1c(CN=C2CCC(C=O)CC2)cnc2nc(N)[nH]c(=O)c21. The van der Waals surface area contributed by atoms with E-state index in [9.17, 15) is 9.59 Å². The highest BCUT2D eigenvalue weighted by atomic mass is 16.1. The van der Waals surface area contributed by atoms with Crippen molar-refractivity contribution in [1.82, 2.24) is 15.0 Å². The van der Waals surface area contributed by atoms with Gasteiger partial charge in [0.1, 0.15) is 19.9 Å². The van der Waals surface area contributed by atoms with Crippen LogP contribution in [0.1, 0.15) is 31.4 Å². The second-order valence-electron chi connectivity index (χ2n) is 5.79. The van der Waals surface area contributed by atoms with Gasteiger partial charge < -0.3 is 10.5 Å². The molecule has 3 rings (SSSR count). The summed E-state index contributed by atoms with van der Waals surface area (Å²) in [6.45, 7) is 0.449. The van der Waals surface area contributed by atoms with Crippen LogP contribution in [0, 0.1) is 5.92 Å². The topological polar surface area (TPSA) is 118 Å². The number of nitrogen functional groups attached to an aromatic ring is 1. The Hall–Kier alpha value is -2.64. The van der Waals surface area contributed by atoms with Crippen LogP contribution in [0.15, 0.2) is 16.0 Å². The van der Waals surface area contributed by atoms with Gasteiger partial charge in [-0.15, -0.1) is 0 Å². The number of nitrogens with zero attached hydrogens (tertiary/aromatic N) is 4. The zero-order chi connectivity index (χ0) is 16.4. The fraction of sp³-hybridized carbons (Fsp3) is 0.467. The number of H-pyrrole nitrogens is 1. The van der Waals surface area contributed by atoms with Crippen LogP contribution >= 0.6 is 0 Å². The predicted octanol–water partition coefficient (Wildman–Crippen LogP) is 0.0549. The fourth-order valence-corrected chi connectivity index (χ4v) is 2.84. The average molecular weight is 315 g/mol. The zero-order valence-corrected chi connectivity index (χ0v) is 13.0. The van der Waals surface area contributed by atoms with Crippen molar-refractivity contribution in [3.63, 3.8) is 0 Å². The van der Waals surface area contributed by atoms with Crippen molar-refractivity contribution in [3.8, 4) is 0 Å². The van der Waals surface area contributed by atoms with Gasteiger partial charge in [0.05, 0.1) is 6.20 Å². The molecule has 8 heteroatoms. The average Bonchev–Trinajstić information content (AvgIpc) is 2.54. The summed E-state index contributed by atoms with van der Waals surface area (Å²) in [5.41, 5.74) is 7.84. The van der Waals surface area contributed by atoms with Crippen LogP contribution in [0.5, 0.6) is 0 Å². The van der Waals surface area contributed by atoms with E-state index in [4.69, 9.17) is 5.73 Å². The maximum absolute atomic E-state index is 12.0. The van der Waals surface area contributed by atoms with Crippen LogP contribution in [-0.2, 0) is 18.4 Å². The first-order valence-electron chi connectivity index (χ1n) is 7.59. The lowest BCUT2D eigenvalue weighted by Gasteiger charge is -2.17. The molecular weight excluding hydrogens is 296 g/mol. The van der Waals surface area contributed by atoms with Crippen molar-refractivity contribution in [2.24, 2.45) is 18.0 Å². The van der Waals surface area contributed by atoms with Gasteiger partial charge in [-0.25, -0.2) is 4.98 Å². The third-order valence-electron chi connectivity index (χ3n) is 4.26. The number of aromatic amines is 1. The third kappa shape index (κ3) is 3.10. The molecule has 0 spiro atoms. The van der Waals surface area contributed by atoms with Crippen LogP contribution in [0.4, 0.5) is 5.95 Å². The number of aliphatic imine (C=N–C) groups is 1. The van der Waals surface area contributed by atoms with E-state index in [1.807, 2.05) is 0 Å². The molecule has 0 unspecified atom stereocenters. The molecule has 2 heterocycles. The summed E-state index contributed by atoms with van der Waals surface area (Å²) >= 11 is 0. The number of carbonyl (C=O) groups is 1. The smallest absolute Gasteiger partial charge is 0.326 e. The standard InChI is InChI=1S/C15H18N6O2/c1-21-11(6-17-10-4-2-9(8-22)3-5-10)7-18-13-12(21)14(23)20-15(16)19-13/h7-9H,2-6H2,1H3,(H2-,16,18,19,20,23)/p+1. The first-order valence-corrected chi connectivity index (χ1v) is 7.59. The first-order chi connectivity index (χ1) is 11.1. The Kier molecular flexibility index (Phi) is 4.14. The highest BCUT2D eigenvalue weighted by Gasteiger charge is 2.20. The quantitative estimate of drug-likeness (QED) is 0.613. The molecule has 0 bridgehead atoms. The Bertz CT molecular complexity index is 832. The first kappa shape index (κ1) is 15.3. The van der Waals surface area contributed by atoms with Crippen LogP contribution in [0.3, 0.4) is 0 Å². The zero-order valence-electron chi connectivity index (χ0n) is 13.0. The summed E-state index contributed by atoms with van der Waals surface area (Å²) in [5.74, 6) is 0.220. The number of carbonyl (C=O) groups excluding carboxylic acids is 1. The van der Waals surface area contributed by atoms with Gasteiger partial charge in [0.15, 0.2) is 0 Å². The Balaban J connectivity index is 1.85. The number of hydrogen-bond acceptors (Lipinski definition) is 6. The van der Waals surface area contributed by atoms with Crippen LogP contribution in [0.25, 0.3) is 11.2 Å². The Labute approximate surface area is 132 Å². The summed E-state index contributed by atoms with van der Waals surface area (Å²) in [6, 6.07) is 0. The Morgan fingerprint density at radius 2 is 2.22 bits per heavy atom. The fourth-order valence-electron chi connectivity index (χ4n) is 2.84. The predicted molar refractivity (Wildman–Crippen MR) is 84.9 cm³/mol. The molecule has 1 aliphatic rings. The van der Waals surface area contributed by atoms with E-state index >= 15 is 0 Å². The molecule has 0 radical (unpaired) electrons. The minimum absolute atomic E-state index is 0.0509. The number of nitrogens with two attached hydrogens (primary N) is 1. The minimum Gasteiger partial charge on any atom is -0.369 e. The molecule has 120 valence electrons. The molecular formula is C15H19N6O2+. The van der Waals surface area contributed by atoms with Crippen molar-refractivity contribution in [2.45, 2.75) is 32.2 Å². The summed E-state index contributed by atoms with van der Waals surface area (Å²) in [4.78, 5) is 38.1. The number of anilines is 1. The van der Waals surface area contributed by atoms with Crippen LogP contribution in [-0.4, -0.2) is 26.9 Å². The van der Waals surface area contributed by atoms with Crippen molar-refractivity contribution in [3.05, 3.63) is 22.2 Å². The molecule has 0 saturated heterocycles. The second-order valence-corrected chi connectivity index (χ2v) is 5.79. The highest BCUT2D eigenvalue weighted by molar-refractivity contribution is 5.86. The van der Waals surface area contributed by atoms with Crippen LogP contribution in [0.2, 0.25) is 0 Å². The van der Waals surface area contributed by atoms with Gasteiger partial charge in [0.2, 0.25) is 17.3 Å². The maximum atomic E-state index is 12.0. The van der Waals surface area contributed by atoms with Gasteiger partial charge in [-0.2, -0.15) is 9.55 Å². The maximum Gasteiger partial charge on any atom is 0.326 e. The van der Waals surface area contributed by atoms with E-state index in [1.165, 1.54) is 0 Å². The summed E-state index contributed by atoms with van der Waals surface area (Å²) in [7, 11) is 1.79. The molecule has 2 aromatic heterocycles. The van der Waals surface area contributed by atoms with E-state index in [0.717, 1.165) is 43.4 Å². The van der Waals surface area contributed by atoms with E-state index in [2.05, 4.69) is 19.9 Å². The number of aldehydes is 1. The third-order valence-corrected chi connectivity index (χ3v) is 4.26. The molecule has 3 N–H and O–H groups in total. The monoisotopic (exact) mass is 315 g/mol. The molecule has 0 atom stereocenters. The van der Waals surface area contributed by atoms with E-state index < -0.39 is 0 Å². The molecule has 0 amide bonds. The van der Waals surface area contributed by atoms with Crippen molar-refractivity contribution in [2.75, 3.05) is 5.73 Å². The molecule has 2 aromatic rings. The number of rotatable bonds is 3. The molecule has 1 saturated carbocycles. The van der Waals surface area contributed by atoms with Crippen molar-refractivity contribution >= 4 is 29.1 Å². The molecule has 23 heavy (non-hydrogen) atoms. The van der Waals surface area contributed by atoms with E-state index in [0.29, 0.717) is 17.7 Å². The van der Waals surface area contributed by atoms with Gasteiger partial charge >= 0.3 is 11.1 Å². The van der Waals surface area contributed by atoms with Gasteiger partial charge in [0.25, 0.3) is 0 Å². The van der Waals surface area contributed by atoms with Crippen molar-refractivity contribution in [1.29, 1.82) is 0 Å². The Morgan fingerprint density at radius 3 is 2.91 bits per heavy atom. The summed E-state index contributed by atoms with van der Waals surface area (Å²) in [5, 5.41) is 0.